The first-order chi connectivity index (χ1) is 7.34. The molecule has 1 aliphatic carbocycles. The molecule has 15 heavy (non-hydrogen) atoms. The third-order valence-corrected chi connectivity index (χ3v) is 4.32. The van der Waals surface area contributed by atoms with Gasteiger partial charge in [0.05, 0.1) is 5.69 Å². The van der Waals surface area contributed by atoms with Crippen molar-refractivity contribution in [1.29, 1.82) is 0 Å². The van der Waals surface area contributed by atoms with Crippen LogP contribution in [-0.4, -0.2) is 9.97 Å². The summed E-state index contributed by atoms with van der Waals surface area (Å²) in [6, 6.07) is 0. The second-order valence-corrected chi connectivity index (χ2v) is 5.35. The average molecular weight is 221 g/mol. The molecule has 3 rings (SSSR count). The molecule has 1 aromatic rings. The van der Waals surface area contributed by atoms with Crippen LogP contribution in [0, 0.1) is 0 Å². The molecule has 0 spiro atoms. The molecule has 80 valence electrons. The molecule has 1 fully saturated rings. The number of hydrogen-bond acceptors (Lipinski definition) is 4. The summed E-state index contributed by atoms with van der Waals surface area (Å²) < 4.78 is 0. The van der Waals surface area contributed by atoms with E-state index in [-0.39, 0.29) is 0 Å². The lowest BCUT2D eigenvalue weighted by molar-refractivity contribution is 0.664. The first-order valence-corrected chi connectivity index (χ1v) is 6.73. The van der Waals surface area contributed by atoms with Crippen LogP contribution in [0.5, 0.6) is 0 Å². The van der Waals surface area contributed by atoms with E-state index in [0.29, 0.717) is 5.92 Å². The lowest BCUT2D eigenvalue weighted by Crippen LogP contribution is -2.08. The molecule has 3 nitrogen and oxygen atoms in total. The zero-order valence-electron chi connectivity index (χ0n) is 8.70. The van der Waals surface area contributed by atoms with Crippen LogP contribution in [0.3, 0.4) is 0 Å². The normalized spacial score (nSPS) is 20.8. The predicted molar refractivity (Wildman–Crippen MR) is 62.7 cm³/mol. The largest absolute Gasteiger partial charge is 0.383 e. The standard InChI is InChI=1S/C11H15N3S/c12-10-8-5-15-6-9(8)13-11(14-10)7-3-1-2-4-7/h7H,1-6H2,(H2,12,13,14). The Morgan fingerprint density at radius 3 is 2.73 bits per heavy atom. The minimum Gasteiger partial charge on any atom is -0.383 e. The number of thioether (sulfide) groups is 1. The molecule has 2 heterocycles. The van der Waals surface area contributed by atoms with Gasteiger partial charge < -0.3 is 5.73 Å². The Labute approximate surface area is 93.9 Å². The summed E-state index contributed by atoms with van der Waals surface area (Å²) >= 11 is 1.89. The highest BCUT2D eigenvalue weighted by molar-refractivity contribution is 7.98. The topological polar surface area (TPSA) is 51.8 Å². The Morgan fingerprint density at radius 1 is 1.13 bits per heavy atom. The fourth-order valence-corrected chi connectivity index (χ4v) is 3.52. The van der Waals surface area contributed by atoms with E-state index in [4.69, 9.17) is 5.73 Å². The maximum Gasteiger partial charge on any atom is 0.134 e. The summed E-state index contributed by atoms with van der Waals surface area (Å²) in [6.45, 7) is 0. The Bertz CT molecular complexity index is 386. The van der Waals surface area contributed by atoms with Crippen LogP contribution in [0.25, 0.3) is 0 Å². The molecule has 2 N–H and O–H groups in total. The van der Waals surface area contributed by atoms with Gasteiger partial charge in [-0.1, -0.05) is 12.8 Å². The van der Waals surface area contributed by atoms with Gasteiger partial charge in [-0.3, -0.25) is 0 Å². The molecule has 0 bridgehead atoms. The van der Waals surface area contributed by atoms with Crippen molar-refractivity contribution in [2.24, 2.45) is 0 Å². The lowest BCUT2D eigenvalue weighted by atomic mass is 10.1. The van der Waals surface area contributed by atoms with E-state index in [2.05, 4.69) is 9.97 Å². The van der Waals surface area contributed by atoms with Crippen LogP contribution in [0.4, 0.5) is 5.82 Å². The van der Waals surface area contributed by atoms with Crippen LogP contribution in [0.15, 0.2) is 0 Å². The van der Waals surface area contributed by atoms with E-state index in [1.165, 1.54) is 36.9 Å². The smallest absolute Gasteiger partial charge is 0.134 e. The van der Waals surface area contributed by atoms with Crippen molar-refractivity contribution in [3.05, 3.63) is 17.1 Å². The number of aromatic nitrogens is 2. The van der Waals surface area contributed by atoms with Crippen molar-refractivity contribution >= 4 is 17.6 Å². The van der Waals surface area contributed by atoms with Crippen LogP contribution >= 0.6 is 11.8 Å². The maximum atomic E-state index is 5.98. The van der Waals surface area contributed by atoms with Gasteiger partial charge in [-0.2, -0.15) is 11.8 Å². The van der Waals surface area contributed by atoms with Gasteiger partial charge in [-0.15, -0.1) is 0 Å². The van der Waals surface area contributed by atoms with Crippen LogP contribution in [-0.2, 0) is 11.5 Å². The third-order valence-electron chi connectivity index (χ3n) is 3.35. The molecule has 1 aromatic heterocycles. The van der Waals surface area contributed by atoms with Crippen LogP contribution in [0.2, 0.25) is 0 Å². The maximum absolute atomic E-state index is 5.98. The summed E-state index contributed by atoms with van der Waals surface area (Å²) in [5.41, 5.74) is 8.35. The summed E-state index contributed by atoms with van der Waals surface area (Å²) in [5.74, 6) is 4.31. The fourth-order valence-electron chi connectivity index (χ4n) is 2.46. The van der Waals surface area contributed by atoms with Gasteiger partial charge in [-0.25, -0.2) is 9.97 Å². The molecule has 1 saturated carbocycles. The molecule has 2 aliphatic rings. The highest BCUT2D eigenvalue weighted by Gasteiger charge is 2.24. The van der Waals surface area contributed by atoms with Gasteiger partial charge in [0, 0.05) is 23.0 Å². The minimum absolute atomic E-state index is 0.572. The summed E-state index contributed by atoms with van der Waals surface area (Å²) in [7, 11) is 0. The first-order valence-electron chi connectivity index (χ1n) is 5.57. The predicted octanol–water partition coefficient (Wildman–Crippen LogP) is 2.46. The van der Waals surface area contributed by atoms with Gasteiger partial charge in [0.1, 0.15) is 11.6 Å². The summed E-state index contributed by atoms with van der Waals surface area (Å²) in [6.07, 6.45) is 5.12. The molecule has 4 heteroatoms. The van der Waals surface area contributed by atoms with Gasteiger partial charge >= 0.3 is 0 Å². The molecule has 0 saturated heterocycles. The van der Waals surface area contributed by atoms with E-state index in [1.807, 2.05) is 11.8 Å². The molecule has 0 aromatic carbocycles. The number of hydrogen-bond donors (Lipinski definition) is 1. The highest BCUT2D eigenvalue weighted by Crippen LogP contribution is 2.36. The third kappa shape index (κ3) is 1.61. The number of nitrogens with zero attached hydrogens (tertiary/aromatic N) is 2. The van der Waals surface area contributed by atoms with E-state index >= 15 is 0 Å². The average Bonchev–Trinajstić information content (AvgIpc) is 2.88. The molecule has 1 aliphatic heterocycles. The van der Waals surface area contributed by atoms with E-state index in [1.54, 1.807) is 0 Å². The van der Waals surface area contributed by atoms with Crippen LogP contribution < -0.4 is 5.73 Å². The number of rotatable bonds is 1. The quantitative estimate of drug-likeness (QED) is 0.791. The molecular weight excluding hydrogens is 206 g/mol. The number of nitrogens with two attached hydrogens (primary N) is 1. The SMILES string of the molecule is Nc1nc(C2CCCC2)nc2c1CSC2. The van der Waals surface area contributed by atoms with Gasteiger partial charge in [0.15, 0.2) is 0 Å². The molecular formula is C11H15N3S. The second kappa shape index (κ2) is 3.67. The zero-order chi connectivity index (χ0) is 10.3. The van der Waals surface area contributed by atoms with Crippen molar-refractivity contribution in [1.82, 2.24) is 9.97 Å². The van der Waals surface area contributed by atoms with Gasteiger partial charge in [0.25, 0.3) is 0 Å². The van der Waals surface area contributed by atoms with Crippen molar-refractivity contribution in [3.8, 4) is 0 Å². The Morgan fingerprint density at radius 2 is 1.93 bits per heavy atom. The van der Waals surface area contributed by atoms with Crippen molar-refractivity contribution in [2.45, 2.75) is 43.1 Å². The van der Waals surface area contributed by atoms with Crippen LogP contribution in [0.1, 0.15) is 48.7 Å². The fraction of sp³-hybridized carbons (Fsp3) is 0.636. The van der Waals surface area contributed by atoms with Crippen molar-refractivity contribution < 1.29 is 0 Å². The van der Waals surface area contributed by atoms with Gasteiger partial charge in [-0.05, 0) is 12.8 Å². The highest BCUT2D eigenvalue weighted by atomic mass is 32.2. The van der Waals surface area contributed by atoms with Crippen molar-refractivity contribution in [2.75, 3.05) is 5.73 Å². The number of nitrogen functional groups attached to an aromatic ring is 1. The number of anilines is 1. The molecule has 0 unspecified atom stereocenters. The van der Waals surface area contributed by atoms with E-state index < -0.39 is 0 Å². The Kier molecular flexibility index (Phi) is 2.31. The Hall–Kier alpha value is -0.770. The molecule has 0 amide bonds. The molecule has 0 radical (unpaired) electrons. The van der Waals surface area contributed by atoms with Crippen molar-refractivity contribution in [3.63, 3.8) is 0 Å². The van der Waals surface area contributed by atoms with E-state index in [0.717, 1.165) is 23.1 Å². The molecule has 0 atom stereocenters. The first kappa shape index (κ1) is 9.46. The summed E-state index contributed by atoms with van der Waals surface area (Å²) in [4.78, 5) is 9.16. The zero-order valence-corrected chi connectivity index (χ0v) is 9.52. The monoisotopic (exact) mass is 221 g/mol. The van der Waals surface area contributed by atoms with Gasteiger partial charge in [0.2, 0.25) is 0 Å². The Balaban J connectivity index is 1.99. The van der Waals surface area contributed by atoms with E-state index in [9.17, 15) is 0 Å². The lowest BCUT2D eigenvalue weighted by Gasteiger charge is -2.10. The minimum atomic E-state index is 0.572. The summed E-state index contributed by atoms with van der Waals surface area (Å²) in [5, 5.41) is 0. The second-order valence-electron chi connectivity index (χ2n) is 4.37. The number of fused-ring (bicyclic) bond motifs is 1.